The predicted molar refractivity (Wildman–Crippen MR) is 59.8 cm³/mol. The van der Waals surface area contributed by atoms with Crippen LogP contribution in [0.25, 0.3) is 0 Å². The molecule has 1 aromatic heterocycles. The van der Waals surface area contributed by atoms with Crippen LogP contribution in [0.1, 0.15) is 16.2 Å². The Bertz CT molecular complexity index is 609. The lowest BCUT2D eigenvalue weighted by atomic mass is 10.2. The molecule has 0 unspecified atom stereocenters. The summed E-state index contributed by atoms with van der Waals surface area (Å²) >= 11 is 0. The minimum Gasteiger partial charge on any atom is -0.324 e. The third kappa shape index (κ3) is 2.40. The van der Waals surface area contributed by atoms with Gasteiger partial charge in [-0.25, -0.2) is 9.37 Å². The number of rotatable bonds is 4. The zero-order valence-electron chi connectivity index (χ0n) is 9.12. The Morgan fingerprint density at radius 3 is 2.89 bits per heavy atom. The first-order valence-electron chi connectivity index (χ1n) is 5.00. The molecule has 92 valence electrons. The van der Waals surface area contributed by atoms with Crippen molar-refractivity contribution in [2.75, 3.05) is 0 Å². The molecule has 1 heterocycles. The molecule has 2 rings (SSSR count). The van der Waals surface area contributed by atoms with Crippen molar-refractivity contribution in [3.8, 4) is 0 Å². The summed E-state index contributed by atoms with van der Waals surface area (Å²) in [6.45, 7) is 0.146. The monoisotopic (exact) mass is 249 g/mol. The summed E-state index contributed by atoms with van der Waals surface area (Å²) in [6, 6.07) is 3.29. The third-order valence-electron chi connectivity index (χ3n) is 2.36. The minimum absolute atomic E-state index is 0.146. The van der Waals surface area contributed by atoms with E-state index in [-0.39, 0.29) is 18.1 Å². The van der Waals surface area contributed by atoms with E-state index in [1.807, 2.05) is 0 Å². The predicted octanol–water partition coefficient (Wildman–Crippen LogP) is 1.79. The van der Waals surface area contributed by atoms with Gasteiger partial charge in [-0.2, -0.15) is 0 Å². The van der Waals surface area contributed by atoms with Gasteiger partial charge in [0.15, 0.2) is 12.1 Å². The fourth-order valence-electron chi connectivity index (χ4n) is 1.60. The molecule has 18 heavy (non-hydrogen) atoms. The molecular weight excluding hydrogens is 241 g/mol. The number of non-ortho nitro benzene ring substituents is 1. The van der Waals surface area contributed by atoms with Gasteiger partial charge in [-0.3, -0.25) is 14.9 Å². The quantitative estimate of drug-likeness (QED) is 0.470. The summed E-state index contributed by atoms with van der Waals surface area (Å²) < 4.78 is 14.7. The molecule has 0 saturated heterocycles. The van der Waals surface area contributed by atoms with E-state index in [0.717, 1.165) is 6.07 Å². The fraction of sp³-hybridized carbons (Fsp3) is 0.0909. The smallest absolute Gasteiger partial charge is 0.272 e. The number of benzene rings is 1. The van der Waals surface area contributed by atoms with Crippen LogP contribution < -0.4 is 0 Å². The minimum atomic E-state index is -0.688. The number of aldehydes is 1. The Kier molecular flexibility index (Phi) is 3.13. The molecule has 0 bridgehead atoms. The van der Waals surface area contributed by atoms with Crippen LogP contribution >= 0.6 is 0 Å². The zero-order valence-corrected chi connectivity index (χ0v) is 9.12. The number of carbonyl (C=O) groups excluding carboxylic acids is 1. The number of halogens is 1. The Balaban J connectivity index is 2.34. The largest absolute Gasteiger partial charge is 0.324 e. The van der Waals surface area contributed by atoms with Crippen molar-refractivity contribution in [2.45, 2.75) is 6.54 Å². The summed E-state index contributed by atoms with van der Waals surface area (Å²) in [7, 11) is 0. The molecule has 0 amide bonds. The van der Waals surface area contributed by atoms with Gasteiger partial charge in [0.05, 0.1) is 11.0 Å². The molecular formula is C11H8FN3O3. The van der Waals surface area contributed by atoms with Crippen LogP contribution in [0.5, 0.6) is 0 Å². The second-order valence-electron chi connectivity index (χ2n) is 3.61. The number of hydrogen-bond acceptors (Lipinski definition) is 4. The Labute approximate surface area is 101 Å². The van der Waals surface area contributed by atoms with Crippen molar-refractivity contribution in [1.29, 1.82) is 0 Å². The van der Waals surface area contributed by atoms with E-state index < -0.39 is 10.7 Å². The molecule has 0 spiro atoms. The highest BCUT2D eigenvalue weighted by Gasteiger charge is 2.11. The standard InChI is InChI=1S/C11H8FN3O3/c12-9-3-8(4-10(5-9)15(17)18)6-14-2-1-13-11(14)7-16/h1-5,7H,6H2. The van der Waals surface area contributed by atoms with Crippen LogP contribution in [0.3, 0.4) is 0 Å². The van der Waals surface area contributed by atoms with Crippen molar-refractivity contribution in [3.63, 3.8) is 0 Å². The maximum Gasteiger partial charge on any atom is 0.272 e. The van der Waals surface area contributed by atoms with Crippen molar-refractivity contribution in [2.24, 2.45) is 0 Å². The highest BCUT2D eigenvalue weighted by molar-refractivity contribution is 5.69. The average molecular weight is 249 g/mol. The molecule has 6 nitrogen and oxygen atoms in total. The number of imidazole rings is 1. The topological polar surface area (TPSA) is 78.0 Å². The van der Waals surface area contributed by atoms with E-state index >= 15 is 0 Å². The Hall–Kier alpha value is -2.57. The molecule has 0 N–H and O–H groups in total. The number of hydrogen-bond donors (Lipinski definition) is 0. The van der Waals surface area contributed by atoms with Crippen LogP contribution in [-0.4, -0.2) is 20.8 Å². The first kappa shape index (κ1) is 11.9. The maximum atomic E-state index is 13.2. The third-order valence-corrected chi connectivity index (χ3v) is 2.36. The van der Waals surface area contributed by atoms with E-state index in [1.54, 1.807) is 6.20 Å². The Morgan fingerprint density at radius 1 is 1.44 bits per heavy atom. The van der Waals surface area contributed by atoms with Crippen LogP contribution in [0.15, 0.2) is 30.6 Å². The SMILES string of the molecule is O=Cc1nccn1Cc1cc(F)cc([N+](=O)[O-])c1. The molecule has 0 radical (unpaired) electrons. The van der Waals surface area contributed by atoms with E-state index in [1.165, 1.54) is 22.9 Å². The molecule has 0 aliphatic rings. The molecule has 0 atom stereocenters. The van der Waals surface area contributed by atoms with E-state index in [4.69, 9.17) is 0 Å². The van der Waals surface area contributed by atoms with Crippen molar-refractivity contribution < 1.29 is 14.1 Å². The van der Waals surface area contributed by atoms with E-state index in [9.17, 15) is 19.3 Å². The number of aromatic nitrogens is 2. The maximum absolute atomic E-state index is 13.2. The van der Waals surface area contributed by atoms with Crippen molar-refractivity contribution in [3.05, 3.63) is 57.9 Å². The number of nitrogens with zero attached hydrogens (tertiary/aromatic N) is 3. The van der Waals surface area contributed by atoms with E-state index in [2.05, 4.69) is 4.98 Å². The van der Waals surface area contributed by atoms with Gasteiger partial charge in [-0.1, -0.05) is 0 Å². The number of carbonyl (C=O) groups is 1. The fourth-order valence-corrected chi connectivity index (χ4v) is 1.60. The van der Waals surface area contributed by atoms with Gasteiger partial charge in [0.25, 0.3) is 5.69 Å². The summed E-state index contributed by atoms with van der Waals surface area (Å²) in [6.07, 6.45) is 3.53. The highest BCUT2D eigenvalue weighted by atomic mass is 19.1. The summed E-state index contributed by atoms with van der Waals surface area (Å²) in [5.41, 5.74) is 0.0700. The van der Waals surface area contributed by atoms with Crippen LogP contribution in [0.2, 0.25) is 0 Å². The van der Waals surface area contributed by atoms with Crippen molar-refractivity contribution in [1.82, 2.24) is 9.55 Å². The lowest BCUT2D eigenvalue weighted by Crippen LogP contribution is -2.04. The van der Waals surface area contributed by atoms with Crippen LogP contribution in [0.4, 0.5) is 10.1 Å². The van der Waals surface area contributed by atoms with Gasteiger partial charge in [-0.15, -0.1) is 0 Å². The normalized spacial score (nSPS) is 10.3. The second-order valence-corrected chi connectivity index (χ2v) is 3.61. The first-order chi connectivity index (χ1) is 8.60. The highest BCUT2D eigenvalue weighted by Crippen LogP contribution is 2.17. The molecule has 0 aliphatic carbocycles. The van der Waals surface area contributed by atoms with Gasteiger partial charge in [0.1, 0.15) is 5.82 Å². The first-order valence-corrected chi connectivity index (χ1v) is 5.00. The van der Waals surface area contributed by atoms with E-state index in [0.29, 0.717) is 11.8 Å². The number of nitro benzene ring substituents is 1. The molecule has 0 aliphatic heterocycles. The van der Waals surface area contributed by atoms with Crippen molar-refractivity contribution >= 4 is 12.0 Å². The van der Waals surface area contributed by atoms with Crippen LogP contribution in [-0.2, 0) is 6.54 Å². The summed E-state index contributed by atoms with van der Waals surface area (Å²) in [5.74, 6) is -0.506. The molecule has 1 aromatic carbocycles. The van der Waals surface area contributed by atoms with Crippen LogP contribution in [0, 0.1) is 15.9 Å². The molecule has 0 saturated carbocycles. The van der Waals surface area contributed by atoms with Gasteiger partial charge < -0.3 is 4.57 Å². The lowest BCUT2D eigenvalue weighted by Gasteiger charge is -2.04. The average Bonchev–Trinajstić information content (AvgIpc) is 2.75. The lowest BCUT2D eigenvalue weighted by molar-refractivity contribution is -0.385. The second kappa shape index (κ2) is 4.74. The molecule has 2 aromatic rings. The summed E-state index contributed by atoms with van der Waals surface area (Å²) in [5, 5.41) is 10.6. The van der Waals surface area contributed by atoms with Gasteiger partial charge in [0.2, 0.25) is 0 Å². The molecule has 0 fully saturated rings. The number of nitro groups is 1. The Morgan fingerprint density at radius 2 is 2.22 bits per heavy atom. The van der Waals surface area contributed by atoms with Gasteiger partial charge >= 0.3 is 0 Å². The van der Waals surface area contributed by atoms with Gasteiger partial charge in [0, 0.05) is 25.0 Å². The molecule has 7 heteroatoms. The zero-order chi connectivity index (χ0) is 13.1. The summed E-state index contributed by atoms with van der Waals surface area (Å²) in [4.78, 5) is 24.4. The van der Waals surface area contributed by atoms with Gasteiger partial charge in [-0.05, 0) is 11.6 Å².